The van der Waals surface area contributed by atoms with Crippen molar-refractivity contribution in [3.05, 3.63) is 197 Å². The molecule has 0 amide bonds. The average molecular weight is 854 g/mol. The number of anilines is 5. The van der Waals surface area contributed by atoms with Gasteiger partial charge >= 0.3 is 0 Å². The van der Waals surface area contributed by atoms with E-state index in [1.807, 2.05) is 11.3 Å². The molecule has 8 aromatic carbocycles. The summed E-state index contributed by atoms with van der Waals surface area (Å²) in [5.74, 6) is 0. The van der Waals surface area contributed by atoms with Crippen LogP contribution in [0.3, 0.4) is 0 Å². The number of thiophene rings is 1. The fraction of sp³-hybridized carbons (Fsp3) is 0.167. The van der Waals surface area contributed by atoms with Crippen molar-refractivity contribution in [3.63, 3.8) is 0 Å². The van der Waals surface area contributed by atoms with Gasteiger partial charge in [0.05, 0.1) is 27.5 Å². The van der Waals surface area contributed by atoms with E-state index in [1.165, 1.54) is 99.3 Å². The summed E-state index contributed by atoms with van der Waals surface area (Å²) in [5, 5.41) is 8.85. The van der Waals surface area contributed by atoms with E-state index in [-0.39, 0.29) is 10.8 Å². The summed E-state index contributed by atoms with van der Waals surface area (Å²) in [5.41, 5.74) is 22.8. The summed E-state index contributed by atoms with van der Waals surface area (Å²) >= 11 is 1.88. The van der Waals surface area contributed by atoms with E-state index >= 15 is 0 Å². The third-order valence-corrected chi connectivity index (χ3v) is 16.9. The van der Waals surface area contributed by atoms with Crippen LogP contribution in [0.2, 0.25) is 0 Å². The quantitative estimate of drug-likeness (QED) is 0.176. The molecule has 1 N–H and O–H groups in total. The van der Waals surface area contributed by atoms with Gasteiger partial charge in [0.15, 0.2) is 12.9 Å². The summed E-state index contributed by atoms with van der Waals surface area (Å²) in [6.45, 7) is 12.1. The number of para-hydroxylation sites is 3. The predicted octanol–water partition coefficient (Wildman–Crippen LogP) is 15.0. The zero-order chi connectivity index (χ0) is 43.6. The lowest BCUT2D eigenvalue weighted by Gasteiger charge is -2.43. The van der Waals surface area contributed by atoms with Crippen LogP contribution in [0.1, 0.15) is 79.5 Å². The zero-order valence-electron chi connectivity index (χ0n) is 37.3. The molecule has 5 heteroatoms. The molecule has 311 valence electrons. The molecule has 3 nitrogen and oxygen atoms in total. The van der Waals surface area contributed by atoms with E-state index in [1.54, 1.807) is 0 Å². The molecule has 2 aromatic heterocycles. The molecule has 4 heterocycles. The molecule has 14 rings (SSSR count). The number of rotatable bonds is 2. The van der Waals surface area contributed by atoms with Crippen LogP contribution in [0.15, 0.2) is 162 Å². The number of benzene rings is 8. The van der Waals surface area contributed by atoms with Gasteiger partial charge in [0.25, 0.3) is 0 Å². The zero-order valence-corrected chi connectivity index (χ0v) is 38.1. The number of fused-ring (bicyclic) bond motifs is 18. The van der Waals surface area contributed by atoms with Crippen molar-refractivity contribution in [2.75, 3.05) is 10.2 Å². The van der Waals surface area contributed by atoms with Crippen molar-refractivity contribution in [1.82, 2.24) is 0 Å². The number of nitrogens with one attached hydrogen (secondary N) is 1. The average Bonchev–Trinajstić information content (AvgIpc) is 3.98. The smallest absolute Gasteiger partial charge is 0.200 e. The van der Waals surface area contributed by atoms with Crippen LogP contribution in [-0.4, -0.2) is 7.28 Å². The standard InChI is InChI=1S/C60H46BN2OS/c1-34-31-46-47(59(4,5)30-29-58(46,2)3)33-49(34)63-55-52(61-53-39-20-9-15-28-51(39)65-57(53)63)40(32-41-37-19-8-14-27-50(37)64-56(41)55)38-21-16-25-45-54(38)62-48-26-13-12-24-44(48)60(45)42-22-10-6-17-35(42)36-18-7-11-23-43(36)60/h6-28,31-33,62H,29-30H2,1-5H3. The highest BCUT2D eigenvalue weighted by Crippen LogP contribution is 2.62. The second-order valence-electron chi connectivity index (χ2n) is 20.2. The molecule has 0 bridgehead atoms. The summed E-state index contributed by atoms with van der Waals surface area (Å²) in [7, 11) is 2.48. The first-order chi connectivity index (χ1) is 31.6. The van der Waals surface area contributed by atoms with Gasteiger partial charge in [-0.3, -0.25) is 4.90 Å². The largest absolute Gasteiger partial charge is 0.454 e. The maximum absolute atomic E-state index is 7.15. The lowest BCUT2D eigenvalue weighted by molar-refractivity contribution is 0.332. The predicted molar refractivity (Wildman–Crippen MR) is 275 cm³/mol. The first-order valence-electron chi connectivity index (χ1n) is 23.1. The van der Waals surface area contributed by atoms with E-state index in [2.05, 4.69) is 210 Å². The van der Waals surface area contributed by atoms with Crippen LogP contribution < -0.4 is 21.1 Å². The van der Waals surface area contributed by atoms with Crippen molar-refractivity contribution >= 4 is 89.3 Å². The first-order valence-corrected chi connectivity index (χ1v) is 24.0. The Morgan fingerprint density at radius 3 is 1.94 bits per heavy atom. The van der Waals surface area contributed by atoms with E-state index in [0.717, 1.165) is 45.4 Å². The second kappa shape index (κ2) is 12.9. The minimum Gasteiger partial charge on any atom is -0.454 e. The number of hydrogen-bond donors (Lipinski definition) is 1. The normalized spacial score (nSPS) is 16.5. The summed E-state index contributed by atoms with van der Waals surface area (Å²) in [4.78, 5) is 2.60. The third-order valence-electron chi connectivity index (χ3n) is 15.7. The van der Waals surface area contributed by atoms with E-state index in [4.69, 9.17) is 4.42 Å². The maximum atomic E-state index is 7.15. The van der Waals surface area contributed by atoms with Crippen molar-refractivity contribution in [2.45, 2.75) is 63.7 Å². The molecule has 4 aliphatic rings. The van der Waals surface area contributed by atoms with Crippen molar-refractivity contribution in [1.29, 1.82) is 0 Å². The van der Waals surface area contributed by atoms with E-state index < -0.39 is 5.41 Å². The Hall–Kier alpha value is -6.82. The number of furan rings is 1. The molecule has 0 atom stereocenters. The first kappa shape index (κ1) is 37.5. The molecule has 1 radical (unpaired) electrons. The molecule has 2 aliphatic heterocycles. The van der Waals surface area contributed by atoms with Gasteiger partial charge in [-0.05, 0) is 133 Å². The fourth-order valence-corrected chi connectivity index (χ4v) is 13.7. The Kier molecular flexibility index (Phi) is 7.47. The van der Waals surface area contributed by atoms with Crippen molar-refractivity contribution in [2.24, 2.45) is 0 Å². The van der Waals surface area contributed by atoms with Gasteiger partial charge in [-0.25, -0.2) is 0 Å². The highest BCUT2D eigenvalue weighted by molar-refractivity contribution is 7.25. The van der Waals surface area contributed by atoms with Crippen LogP contribution >= 0.6 is 11.3 Å². The lowest BCUT2D eigenvalue weighted by atomic mass is 9.58. The molecule has 2 aliphatic carbocycles. The topological polar surface area (TPSA) is 28.4 Å². The van der Waals surface area contributed by atoms with Crippen LogP contribution in [0.5, 0.6) is 0 Å². The molecule has 0 saturated carbocycles. The third kappa shape index (κ3) is 4.87. The number of hydrogen-bond acceptors (Lipinski definition) is 4. The molecule has 65 heavy (non-hydrogen) atoms. The van der Waals surface area contributed by atoms with Crippen LogP contribution in [-0.2, 0) is 16.2 Å². The summed E-state index contributed by atoms with van der Waals surface area (Å²) in [6.07, 6.45) is 2.33. The van der Waals surface area contributed by atoms with Gasteiger partial charge < -0.3 is 9.73 Å². The Bertz CT molecular complexity index is 3670. The van der Waals surface area contributed by atoms with E-state index in [9.17, 15) is 0 Å². The molecular formula is C60H46BN2OS. The van der Waals surface area contributed by atoms with Crippen molar-refractivity contribution < 1.29 is 4.42 Å². The lowest BCUT2D eigenvalue weighted by Crippen LogP contribution is -2.41. The van der Waals surface area contributed by atoms with Gasteiger partial charge in [-0.2, -0.15) is 0 Å². The van der Waals surface area contributed by atoms with Crippen LogP contribution in [0.25, 0.3) is 54.3 Å². The molecule has 1 spiro atoms. The Balaban J connectivity index is 1.11. The van der Waals surface area contributed by atoms with Gasteiger partial charge in [0, 0.05) is 26.7 Å². The molecular weight excluding hydrogens is 808 g/mol. The minimum absolute atomic E-state index is 0.0378. The highest BCUT2D eigenvalue weighted by atomic mass is 32.1. The highest BCUT2D eigenvalue weighted by Gasteiger charge is 2.51. The SMILES string of the molecule is Cc1cc2c(cc1N1c3sc4ccccc4c3[B]c3c(-c4cccc5c4Nc4ccccc4C54c5ccccc5-c5ccccc54)cc4c(oc5ccccc54)c31)C(C)(C)CCC2(C)C. The monoisotopic (exact) mass is 853 g/mol. The Labute approximate surface area is 384 Å². The van der Waals surface area contributed by atoms with Gasteiger partial charge in [-0.15, -0.1) is 11.3 Å². The number of nitrogens with zero attached hydrogens (tertiary/aromatic N) is 1. The minimum atomic E-state index is -0.514. The summed E-state index contributed by atoms with van der Waals surface area (Å²) in [6, 6.07) is 59.2. The van der Waals surface area contributed by atoms with Crippen LogP contribution in [0, 0.1) is 6.92 Å². The van der Waals surface area contributed by atoms with Gasteiger partial charge in [-0.1, -0.05) is 155 Å². The Morgan fingerprint density at radius 1 is 0.554 bits per heavy atom. The van der Waals surface area contributed by atoms with Gasteiger partial charge in [0.1, 0.15) is 5.58 Å². The Morgan fingerprint density at radius 2 is 1.17 bits per heavy atom. The number of aryl methyl sites for hydroxylation is 1. The molecule has 10 aromatic rings. The fourth-order valence-electron chi connectivity index (χ4n) is 12.5. The maximum Gasteiger partial charge on any atom is 0.200 e. The second-order valence-corrected chi connectivity index (χ2v) is 21.2. The molecule has 0 unspecified atom stereocenters. The van der Waals surface area contributed by atoms with E-state index in [0.29, 0.717) is 0 Å². The summed E-state index contributed by atoms with van der Waals surface area (Å²) < 4.78 is 8.43. The van der Waals surface area contributed by atoms with Crippen molar-refractivity contribution in [3.8, 4) is 22.3 Å². The molecule has 0 fully saturated rings. The van der Waals surface area contributed by atoms with Crippen LogP contribution in [0.4, 0.5) is 27.8 Å². The van der Waals surface area contributed by atoms with Gasteiger partial charge in [0.2, 0.25) is 0 Å². The molecule has 0 saturated heterocycles.